The van der Waals surface area contributed by atoms with E-state index in [1.54, 1.807) is 17.1 Å². The predicted molar refractivity (Wildman–Crippen MR) is 67.9 cm³/mol. The molecule has 0 radical (unpaired) electrons. The molecule has 1 saturated heterocycles. The zero-order chi connectivity index (χ0) is 12.2. The van der Waals surface area contributed by atoms with Gasteiger partial charge in [-0.2, -0.15) is 16.9 Å². The van der Waals surface area contributed by atoms with Crippen molar-refractivity contribution in [2.24, 2.45) is 0 Å². The molecule has 0 unspecified atom stereocenters. The fourth-order valence-electron chi connectivity index (χ4n) is 1.81. The summed E-state index contributed by atoms with van der Waals surface area (Å²) in [6, 6.07) is 1.79. The van der Waals surface area contributed by atoms with Gasteiger partial charge in [0, 0.05) is 6.07 Å². The van der Waals surface area contributed by atoms with Crippen LogP contribution >= 0.6 is 11.8 Å². The Hall–Kier alpha value is -1.63. The summed E-state index contributed by atoms with van der Waals surface area (Å²) in [5.74, 6) is 3.59. The van der Waals surface area contributed by atoms with Crippen molar-refractivity contribution in [2.45, 2.75) is 18.9 Å². The van der Waals surface area contributed by atoms with Crippen molar-refractivity contribution in [2.75, 3.05) is 11.5 Å². The summed E-state index contributed by atoms with van der Waals surface area (Å²) in [7, 11) is 0. The fraction of sp³-hybridized carbons (Fsp3) is 0.455. The molecule has 18 heavy (non-hydrogen) atoms. The Morgan fingerprint density at radius 1 is 1.22 bits per heavy atom. The number of rotatable bonds is 3. The van der Waals surface area contributed by atoms with Gasteiger partial charge in [-0.05, 0) is 24.3 Å². The molecule has 3 rings (SSSR count). The van der Waals surface area contributed by atoms with Crippen molar-refractivity contribution >= 4 is 11.8 Å². The third kappa shape index (κ3) is 2.61. The zero-order valence-corrected chi connectivity index (χ0v) is 10.6. The van der Waals surface area contributed by atoms with E-state index in [0.717, 1.165) is 24.3 Å². The van der Waals surface area contributed by atoms with Gasteiger partial charge in [0.1, 0.15) is 25.1 Å². The van der Waals surface area contributed by atoms with Gasteiger partial charge in [-0.25, -0.2) is 19.6 Å². The number of hydrogen-bond acceptors (Lipinski definition) is 6. The van der Waals surface area contributed by atoms with Crippen LogP contribution in [0.25, 0.3) is 5.82 Å². The van der Waals surface area contributed by atoms with E-state index in [0.29, 0.717) is 11.7 Å². The lowest BCUT2D eigenvalue weighted by molar-refractivity contribution is 0.184. The van der Waals surface area contributed by atoms with Crippen LogP contribution in [0.4, 0.5) is 0 Å². The van der Waals surface area contributed by atoms with E-state index < -0.39 is 0 Å². The molecule has 0 aliphatic carbocycles. The van der Waals surface area contributed by atoms with Gasteiger partial charge in [-0.15, -0.1) is 0 Å². The van der Waals surface area contributed by atoms with Crippen LogP contribution in [-0.2, 0) is 0 Å². The van der Waals surface area contributed by atoms with Gasteiger partial charge < -0.3 is 4.74 Å². The molecule has 0 saturated carbocycles. The zero-order valence-electron chi connectivity index (χ0n) is 9.77. The van der Waals surface area contributed by atoms with E-state index in [9.17, 15) is 0 Å². The van der Waals surface area contributed by atoms with E-state index >= 15 is 0 Å². The average molecular weight is 263 g/mol. The lowest BCUT2D eigenvalue weighted by Crippen LogP contribution is -2.22. The molecular formula is C11H13N5OS. The largest absolute Gasteiger partial charge is 0.474 e. The fourth-order valence-corrected chi connectivity index (χ4v) is 2.87. The predicted octanol–water partition coefficient (Wildman–Crippen LogP) is 1.33. The monoisotopic (exact) mass is 263 g/mol. The molecule has 0 atom stereocenters. The number of aromatic nitrogens is 5. The standard InChI is InChI=1S/C11H13N5OS/c1-3-18-4-2-9(1)17-11-5-10(13-7-14-11)16-8-12-6-15-16/h5-9H,1-4H2. The van der Waals surface area contributed by atoms with Crippen molar-refractivity contribution in [3.63, 3.8) is 0 Å². The summed E-state index contributed by atoms with van der Waals surface area (Å²) in [5.41, 5.74) is 0. The maximum absolute atomic E-state index is 5.87. The molecule has 0 amide bonds. The highest BCUT2D eigenvalue weighted by Crippen LogP contribution is 2.21. The second-order valence-corrected chi connectivity index (χ2v) is 5.21. The van der Waals surface area contributed by atoms with Crippen LogP contribution in [0.3, 0.4) is 0 Å². The van der Waals surface area contributed by atoms with E-state index in [2.05, 4.69) is 20.1 Å². The lowest BCUT2D eigenvalue weighted by Gasteiger charge is -2.22. The molecule has 1 aliphatic rings. The van der Waals surface area contributed by atoms with E-state index in [-0.39, 0.29) is 6.10 Å². The Labute approximate surface area is 109 Å². The molecule has 7 heteroatoms. The van der Waals surface area contributed by atoms with Gasteiger partial charge in [0.2, 0.25) is 5.88 Å². The van der Waals surface area contributed by atoms with Gasteiger partial charge in [-0.1, -0.05) is 0 Å². The van der Waals surface area contributed by atoms with Crippen molar-refractivity contribution < 1.29 is 4.74 Å². The Morgan fingerprint density at radius 2 is 2.11 bits per heavy atom. The molecule has 0 aromatic carbocycles. The first-order chi connectivity index (χ1) is 8.92. The Bertz CT molecular complexity index is 498. The number of nitrogens with zero attached hydrogens (tertiary/aromatic N) is 5. The van der Waals surface area contributed by atoms with Crippen molar-refractivity contribution in [1.82, 2.24) is 24.7 Å². The van der Waals surface area contributed by atoms with E-state index in [1.165, 1.54) is 12.7 Å². The second-order valence-electron chi connectivity index (χ2n) is 3.98. The summed E-state index contributed by atoms with van der Waals surface area (Å²) in [6.07, 6.45) is 6.99. The molecular weight excluding hydrogens is 250 g/mol. The van der Waals surface area contributed by atoms with Gasteiger partial charge in [-0.3, -0.25) is 0 Å². The molecule has 0 N–H and O–H groups in total. The normalized spacial score (nSPS) is 16.7. The molecule has 0 bridgehead atoms. The van der Waals surface area contributed by atoms with Crippen molar-refractivity contribution in [1.29, 1.82) is 0 Å². The van der Waals surface area contributed by atoms with Gasteiger partial charge in [0.15, 0.2) is 5.82 Å². The van der Waals surface area contributed by atoms with Crippen LogP contribution in [0.15, 0.2) is 25.0 Å². The maximum Gasteiger partial charge on any atom is 0.218 e. The molecule has 94 valence electrons. The second kappa shape index (κ2) is 5.34. The van der Waals surface area contributed by atoms with Crippen LogP contribution in [0.1, 0.15) is 12.8 Å². The summed E-state index contributed by atoms with van der Waals surface area (Å²) in [4.78, 5) is 12.2. The first kappa shape index (κ1) is 11.5. The number of ether oxygens (including phenoxy) is 1. The molecule has 1 fully saturated rings. The first-order valence-corrected chi connectivity index (χ1v) is 6.99. The van der Waals surface area contributed by atoms with E-state index in [1.807, 2.05) is 11.8 Å². The highest BCUT2D eigenvalue weighted by Gasteiger charge is 2.16. The van der Waals surface area contributed by atoms with Crippen molar-refractivity contribution in [3.8, 4) is 11.7 Å². The highest BCUT2D eigenvalue weighted by molar-refractivity contribution is 7.99. The summed E-state index contributed by atoms with van der Waals surface area (Å²) in [5, 5.41) is 4.03. The summed E-state index contributed by atoms with van der Waals surface area (Å²) in [6.45, 7) is 0. The van der Waals surface area contributed by atoms with Crippen LogP contribution in [0.5, 0.6) is 5.88 Å². The molecule has 2 aromatic heterocycles. The molecule has 6 nitrogen and oxygen atoms in total. The summed E-state index contributed by atoms with van der Waals surface area (Å²) < 4.78 is 7.46. The smallest absolute Gasteiger partial charge is 0.218 e. The highest BCUT2D eigenvalue weighted by atomic mass is 32.2. The average Bonchev–Trinajstić information content (AvgIpc) is 2.94. The molecule has 1 aliphatic heterocycles. The topological polar surface area (TPSA) is 65.7 Å². The van der Waals surface area contributed by atoms with Gasteiger partial charge in [0.25, 0.3) is 0 Å². The first-order valence-electron chi connectivity index (χ1n) is 5.83. The minimum atomic E-state index is 0.268. The van der Waals surface area contributed by atoms with Gasteiger partial charge in [0.05, 0.1) is 0 Å². The molecule has 3 heterocycles. The minimum Gasteiger partial charge on any atom is -0.474 e. The number of thioether (sulfide) groups is 1. The van der Waals surface area contributed by atoms with Crippen LogP contribution < -0.4 is 4.74 Å². The minimum absolute atomic E-state index is 0.268. The van der Waals surface area contributed by atoms with E-state index in [4.69, 9.17) is 4.74 Å². The SMILES string of the molecule is c1nc(OC2CCSCC2)cc(-n2cncn2)n1. The van der Waals surface area contributed by atoms with Crippen LogP contribution in [0, 0.1) is 0 Å². The third-order valence-corrected chi connectivity index (χ3v) is 3.79. The number of hydrogen-bond donors (Lipinski definition) is 0. The molecule has 0 spiro atoms. The Balaban J connectivity index is 1.74. The van der Waals surface area contributed by atoms with Crippen LogP contribution in [0.2, 0.25) is 0 Å². The Morgan fingerprint density at radius 3 is 2.89 bits per heavy atom. The molecule has 2 aromatic rings. The van der Waals surface area contributed by atoms with Crippen LogP contribution in [-0.4, -0.2) is 42.3 Å². The van der Waals surface area contributed by atoms with Crippen molar-refractivity contribution in [3.05, 3.63) is 25.0 Å². The maximum atomic E-state index is 5.87. The Kier molecular flexibility index (Phi) is 3.40. The third-order valence-electron chi connectivity index (χ3n) is 2.74. The lowest BCUT2D eigenvalue weighted by atomic mass is 10.2. The van der Waals surface area contributed by atoms with Gasteiger partial charge >= 0.3 is 0 Å². The quantitative estimate of drug-likeness (QED) is 0.832. The summed E-state index contributed by atoms with van der Waals surface area (Å²) >= 11 is 1.98.